The molecule has 1 saturated heterocycles. The Hall–Kier alpha value is -2.43. The molecule has 1 aliphatic heterocycles. The summed E-state index contributed by atoms with van der Waals surface area (Å²) in [6.07, 6.45) is 1.14. The first kappa shape index (κ1) is 22.3. The Balaban J connectivity index is 1.71. The second-order valence-electron chi connectivity index (χ2n) is 6.05. The van der Waals surface area contributed by atoms with E-state index < -0.39 is 22.9 Å². The fourth-order valence-corrected chi connectivity index (χ4v) is 3.95. The molecule has 7 nitrogen and oxygen atoms in total. The van der Waals surface area contributed by atoms with Crippen LogP contribution < -0.4 is 10.1 Å². The van der Waals surface area contributed by atoms with Gasteiger partial charge >= 0.3 is 5.97 Å². The lowest BCUT2D eigenvalue weighted by Crippen LogP contribution is -2.26. The number of hydrogen-bond acceptors (Lipinski definition) is 6. The molecule has 0 aromatic heterocycles. The first-order valence-corrected chi connectivity index (χ1v) is 10.5. The van der Waals surface area contributed by atoms with Crippen LogP contribution in [0, 0.1) is 5.82 Å². The molecule has 1 heterocycles. The van der Waals surface area contributed by atoms with Crippen LogP contribution in [0.1, 0.15) is 17.5 Å². The fourth-order valence-electron chi connectivity index (χ4n) is 2.43. The molecule has 1 amide bonds. The number of carboxylic acid groups (broad SMARTS) is 1. The molecule has 2 aromatic carbocycles. The van der Waals surface area contributed by atoms with E-state index in [1.165, 1.54) is 18.3 Å². The lowest BCUT2D eigenvalue weighted by molar-refractivity contribution is -0.138. The summed E-state index contributed by atoms with van der Waals surface area (Å²) in [5.41, 5.74) is 1.22. The Labute approximate surface area is 188 Å². The van der Waals surface area contributed by atoms with Gasteiger partial charge in [-0.05, 0) is 30.3 Å². The number of carboxylic acids is 1. The van der Waals surface area contributed by atoms with Crippen molar-refractivity contribution in [2.45, 2.75) is 18.3 Å². The summed E-state index contributed by atoms with van der Waals surface area (Å²) in [6, 6.07) is 9.34. The van der Waals surface area contributed by atoms with E-state index in [2.05, 4.69) is 31.4 Å². The summed E-state index contributed by atoms with van der Waals surface area (Å²) < 4.78 is 19.8. The molecule has 11 heteroatoms. The zero-order valence-corrected chi connectivity index (χ0v) is 18.3. The monoisotopic (exact) mass is 513 g/mol. The molecule has 1 aliphatic rings. The maximum Gasteiger partial charge on any atom is 0.305 e. The standard InChI is InChI=1S/C19H14BrClFN3O4S/c20-12-2-4-15(29-9-10-1-3-13(22)6-14(10)21)11(5-12)8-23-25-19-24-18(28)16(30-19)7-17(26)27/h1-6,8,16H,7,9H2,(H,26,27)(H,24,25,28). The van der Waals surface area contributed by atoms with Crippen molar-refractivity contribution in [2.75, 3.05) is 0 Å². The quantitative estimate of drug-likeness (QED) is 0.426. The van der Waals surface area contributed by atoms with Crippen LogP contribution in [-0.2, 0) is 16.2 Å². The van der Waals surface area contributed by atoms with Crippen molar-refractivity contribution in [1.29, 1.82) is 0 Å². The predicted octanol–water partition coefficient (Wildman–Crippen LogP) is 4.22. The number of halogens is 3. The van der Waals surface area contributed by atoms with Crippen LogP contribution in [0.2, 0.25) is 5.02 Å². The smallest absolute Gasteiger partial charge is 0.305 e. The highest BCUT2D eigenvalue weighted by Crippen LogP contribution is 2.25. The van der Waals surface area contributed by atoms with Crippen LogP contribution in [0.15, 0.2) is 51.1 Å². The number of benzene rings is 2. The number of thioether (sulfide) groups is 1. The summed E-state index contributed by atoms with van der Waals surface area (Å²) in [5.74, 6) is -1.42. The molecule has 0 bridgehead atoms. The summed E-state index contributed by atoms with van der Waals surface area (Å²) in [4.78, 5) is 22.5. The highest BCUT2D eigenvalue weighted by atomic mass is 79.9. The third-order valence-electron chi connectivity index (χ3n) is 3.85. The molecule has 0 spiro atoms. The van der Waals surface area contributed by atoms with Gasteiger partial charge in [-0.2, -0.15) is 5.10 Å². The van der Waals surface area contributed by atoms with E-state index in [0.717, 1.165) is 16.2 Å². The fraction of sp³-hybridized carbons (Fsp3) is 0.158. The number of rotatable bonds is 7. The van der Waals surface area contributed by atoms with Crippen LogP contribution in [0.4, 0.5) is 4.39 Å². The van der Waals surface area contributed by atoms with Crippen LogP contribution in [-0.4, -0.2) is 33.6 Å². The van der Waals surface area contributed by atoms with Crippen LogP contribution in [0.5, 0.6) is 5.75 Å². The maximum atomic E-state index is 13.2. The van der Waals surface area contributed by atoms with E-state index in [1.54, 1.807) is 24.3 Å². The van der Waals surface area contributed by atoms with Crippen LogP contribution in [0.25, 0.3) is 0 Å². The number of nitrogens with zero attached hydrogens (tertiary/aromatic N) is 2. The Morgan fingerprint density at radius 1 is 1.37 bits per heavy atom. The third-order valence-corrected chi connectivity index (χ3v) is 5.77. The van der Waals surface area contributed by atoms with Gasteiger partial charge in [0.2, 0.25) is 5.91 Å². The van der Waals surface area contributed by atoms with Gasteiger partial charge in [0.25, 0.3) is 0 Å². The van der Waals surface area contributed by atoms with E-state index in [4.69, 9.17) is 21.4 Å². The highest BCUT2D eigenvalue weighted by molar-refractivity contribution is 9.10. The van der Waals surface area contributed by atoms with Crippen molar-refractivity contribution in [3.8, 4) is 5.75 Å². The lowest BCUT2D eigenvalue weighted by Gasteiger charge is -2.10. The van der Waals surface area contributed by atoms with Gasteiger partial charge in [-0.15, -0.1) is 5.10 Å². The number of carbonyl (C=O) groups excluding carboxylic acids is 1. The van der Waals surface area contributed by atoms with E-state index in [0.29, 0.717) is 16.9 Å². The van der Waals surface area contributed by atoms with Crippen molar-refractivity contribution < 1.29 is 23.8 Å². The molecule has 0 saturated carbocycles. The Morgan fingerprint density at radius 2 is 2.17 bits per heavy atom. The SMILES string of the molecule is O=C(O)CC1SC(=NN=Cc2cc(Br)ccc2OCc2ccc(F)cc2Cl)NC1=O. The number of hydrogen-bond donors (Lipinski definition) is 2. The van der Waals surface area contributed by atoms with Gasteiger partial charge in [0.05, 0.1) is 17.7 Å². The minimum absolute atomic E-state index is 0.124. The Bertz CT molecular complexity index is 1050. The minimum atomic E-state index is -1.07. The van der Waals surface area contributed by atoms with Crippen molar-refractivity contribution in [2.24, 2.45) is 10.2 Å². The number of ether oxygens (including phenoxy) is 1. The summed E-state index contributed by atoms with van der Waals surface area (Å²) in [5, 5.41) is 18.9. The van der Waals surface area contributed by atoms with Gasteiger partial charge in [0, 0.05) is 15.6 Å². The molecule has 1 fully saturated rings. The number of nitrogens with one attached hydrogen (secondary N) is 1. The third kappa shape index (κ3) is 6.04. The largest absolute Gasteiger partial charge is 0.488 e. The van der Waals surface area contributed by atoms with Gasteiger partial charge in [-0.1, -0.05) is 45.4 Å². The van der Waals surface area contributed by atoms with Gasteiger partial charge in [-0.25, -0.2) is 4.39 Å². The van der Waals surface area contributed by atoms with Crippen LogP contribution >= 0.6 is 39.3 Å². The number of carbonyl (C=O) groups is 2. The maximum absolute atomic E-state index is 13.2. The van der Waals surface area contributed by atoms with Crippen LogP contribution in [0.3, 0.4) is 0 Å². The van der Waals surface area contributed by atoms with Crippen molar-refractivity contribution in [1.82, 2.24) is 5.32 Å². The molecule has 30 heavy (non-hydrogen) atoms. The number of amidine groups is 1. The Kier molecular flexibility index (Phi) is 7.46. The lowest BCUT2D eigenvalue weighted by atomic mass is 10.2. The van der Waals surface area contributed by atoms with E-state index in [1.807, 2.05) is 0 Å². The van der Waals surface area contributed by atoms with Crippen molar-refractivity contribution >= 4 is 62.6 Å². The molecule has 1 unspecified atom stereocenters. The summed E-state index contributed by atoms with van der Waals surface area (Å²) >= 11 is 10.4. The average Bonchev–Trinajstić information content (AvgIpc) is 3.01. The first-order valence-electron chi connectivity index (χ1n) is 8.48. The predicted molar refractivity (Wildman–Crippen MR) is 117 cm³/mol. The average molecular weight is 515 g/mol. The van der Waals surface area contributed by atoms with Crippen molar-refractivity contribution in [3.05, 3.63) is 62.8 Å². The highest BCUT2D eigenvalue weighted by Gasteiger charge is 2.32. The molecule has 0 radical (unpaired) electrons. The molecular weight excluding hydrogens is 501 g/mol. The van der Waals surface area contributed by atoms with Gasteiger partial charge < -0.3 is 15.2 Å². The van der Waals surface area contributed by atoms with Crippen molar-refractivity contribution in [3.63, 3.8) is 0 Å². The number of aliphatic carboxylic acids is 1. The second-order valence-corrected chi connectivity index (χ2v) is 8.56. The molecular formula is C19H14BrClFN3O4S. The first-order chi connectivity index (χ1) is 14.3. The molecule has 2 N–H and O–H groups in total. The normalized spacial score (nSPS) is 17.5. The minimum Gasteiger partial charge on any atom is -0.488 e. The van der Waals surface area contributed by atoms with Gasteiger partial charge in [0.15, 0.2) is 5.17 Å². The molecule has 2 aromatic rings. The molecule has 0 aliphatic carbocycles. The van der Waals surface area contributed by atoms with E-state index in [9.17, 15) is 14.0 Å². The van der Waals surface area contributed by atoms with E-state index in [-0.39, 0.29) is 23.2 Å². The topological polar surface area (TPSA) is 100 Å². The molecule has 156 valence electrons. The summed E-state index contributed by atoms with van der Waals surface area (Å²) in [7, 11) is 0. The van der Waals surface area contributed by atoms with Gasteiger partial charge in [-0.3, -0.25) is 9.59 Å². The zero-order chi connectivity index (χ0) is 21.7. The Morgan fingerprint density at radius 3 is 2.90 bits per heavy atom. The second kappa shape index (κ2) is 10.1. The molecule has 1 atom stereocenters. The zero-order valence-electron chi connectivity index (χ0n) is 15.1. The van der Waals surface area contributed by atoms with Gasteiger partial charge in [0.1, 0.15) is 23.4 Å². The van der Waals surface area contributed by atoms with E-state index >= 15 is 0 Å². The summed E-state index contributed by atoms with van der Waals surface area (Å²) in [6.45, 7) is 0.124. The molecule has 3 rings (SSSR count). The number of amides is 1.